The van der Waals surface area contributed by atoms with Crippen LogP contribution in [0.2, 0.25) is 10.0 Å². The molecule has 0 radical (unpaired) electrons. The number of hydrogen-bond donors (Lipinski definition) is 1. The van der Waals surface area contributed by atoms with E-state index in [2.05, 4.69) is 10.3 Å². The lowest BCUT2D eigenvalue weighted by Crippen LogP contribution is -1.93. The lowest BCUT2D eigenvalue weighted by Gasteiger charge is -2.08. The van der Waals surface area contributed by atoms with E-state index in [4.69, 9.17) is 28.5 Å². The minimum atomic E-state index is 0.341. The van der Waals surface area contributed by atoms with Gasteiger partial charge in [-0.15, -0.1) is 0 Å². The summed E-state index contributed by atoms with van der Waals surface area (Å²) in [6.45, 7) is 0. The number of hydrogen-bond acceptors (Lipinski definition) is 3. The number of halogens is 2. The number of nitrogens with one attached hydrogen (secondary N) is 1. The van der Waals surface area contributed by atoms with Crippen molar-refractivity contribution in [3.63, 3.8) is 0 Å². The summed E-state index contributed by atoms with van der Waals surface area (Å²) in [5.74, 6) is 0. The maximum Gasteiger partial charge on any atom is 0.142 e. The van der Waals surface area contributed by atoms with Crippen LogP contribution in [0.15, 0.2) is 36.5 Å². The summed E-state index contributed by atoms with van der Waals surface area (Å²) >= 11 is 11.9. The fourth-order valence-electron chi connectivity index (χ4n) is 1.33. The van der Waals surface area contributed by atoms with Crippen LogP contribution in [0, 0.1) is 11.3 Å². The van der Waals surface area contributed by atoms with Gasteiger partial charge in [-0.2, -0.15) is 5.26 Å². The van der Waals surface area contributed by atoms with Gasteiger partial charge in [0.05, 0.1) is 15.7 Å². The minimum absolute atomic E-state index is 0.341. The maximum absolute atomic E-state index is 8.74. The largest absolute Gasteiger partial charge is 0.354 e. The SMILES string of the molecule is N#Cc1cc(Nc2cccc(Cl)c2Cl)ccn1. The Morgan fingerprint density at radius 3 is 2.82 bits per heavy atom. The van der Waals surface area contributed by atoms with E-state index in [1.807, 2.05) is 6.07 Å². The smallest absolute Gasteiger partial charge is 0.142 e. The quantitative estimate of drug-likeness (QED) is 0.891. The molecule has 2 rings (SSSR count). The number of aromatic nitrogens is 1. The lowest BCUT2D eigenvalue weighted by atomic mass is 10.3. The fraction of sp³-hybridized carbons (Fsp3) is 0. The van der Waals surface area contributed by atoms with Gasteiger partial charge < -0.3 is 5.32 Å². The highest BCUT2D eigenvalue weighted by molar-refractivity contribution is 6.43. The van der Waals surface area contributed by atoms with Gasteiger partial charge in [-0.1, -0.05) is 29.3 Å². The van der Waals surface area contributed by atoms with Gasteiger partial charge in [0, 0.05) is 11.9 Å². The van der Waals surface area contributed by atoms with E-state index in [1.54, 1.807) is 36.5 Å². The van der Waals surface area contributed by atoms with E-state index in [1.165, 1.54) is 0 Å². The van der Waals surface area contributed by atoms with Crippen molar-refractivity contribution < 1.29 is 0 Å². The van der Waals surface area contributed by atoms with Crippen molar-refractivity contribution in [1.29, 1.82) is 5.26 Å². The molecule has 0 bridgehead atoms. The normalized spacial score (nSPS) is 9.71. The molecule has 5 heteroatoms. The Hall–Kier alpha value is -1.76. The van der Waals surface area contributed by atoms with Crippen molar-refractivity contribution in [2.24, 2.45) is 0 Å². The first-order chi connectivity index (χ1) is 8.20. The van der Waals surface area contributed by atoms with Gasteiger partial charge >= 0.3 is 0 Å². The van der Waals surface area contributed by atoms with E-state index in [-0.39, 0.29) is 0 Å². The minimum Gasteiger partial charge on any atom is -0.354 e. The van der Waals surface area contributed by atoms with Crippen molar-refractivity contribution in [2.75, 3.05) is 5.32 Å². The average Bonchev–Trinajstić information content (AvgIpc) is 2.35. The number of anilines is 2. The molecule has 1 N–H and O–H groups in total. The summed E-state index contributed by atoms with van der Waals surface area (Å²) in [4.78, 5) is 3.88. The van der Waals surface area contributed by atoms with Crippen LogP contribution in [0.1, 0.15) is 5.69 Å². The van der Waals surface area contributed by atoms with Gasteiger partial charge in [0.25, 0.3) is 0 Å². The van der Waals surface area contributed by atoms with Crippen LogP contribution in [0.3, 0.4) is 0 Å². The molecule has 0 saturated heterocycles. The molecule has 0 fully saturated rings. The Morgan fingerprint density at radius 1 is 1.24 bits per heavy atom. The molecule has 0 aliphatic carbocycles. The van der Waals surface area contributed by atoms with Crippen molar-refractivity contribution in [3.05, 3.63) is 52.3 Å². The van der Waals surface area contributed by atoms with Crippen molar-refractivity contribution in [1.82, 2.24) is 4.98 Å². The molecule has 0 aliphatic heterocycles. The first-order valence-corrected chi connectivity index (χ1v) is 5.53. The van der Waals surface area contributed by atoms with Crippen molar-refractivity contribution >= 4 is 34.6 Å². The number of nitrogens with zero attached hydrogens (tertiary/aromatic N) is 2. The van der Waals surface area contributed by atoms with Gasteiger partial charge in [-0.25, -0.2) is 4.98 Å². The second-order valence-electron chi connectivity index (χ2n) is 3.27. The molecule has 3 nitrogen and oxygen atoms in total. The van der Waals surface area contributed by atoms with E-state index < -0.39 is 0 Å². The highest BCUT2D eigenvalue weighted by atomic mass is 35.5. The molecule has 2 aromatic rings. The Morgan fingerprint density at radius 2 is 2.06 bits per heavy atom. The van der Waals surface area contributed by atoms with Crippen molar-refractivity contribution in [2.45, 2.75) is 0 Å². The summed E-state index contributed by atoms with van der Waals surface area (Å²) < 4.78 is 0. The third kappa shape index (κ3) is 2.68. The number of nitriles is 1. The van der Waals surface area contributed by atoms with E-state index in [0.29, 0.717) is 21.4 Å². The molecule has 1 aromatic carbocycles. The van der Waals surface area contributed by atoms with Crippen LogP contribution in [0.5, 0.6) is 0 Å². The van der Waals surface area contributed by atoms with Crippen LogP contribution in [0.4, 0.5) is 11.4 Å². The summed E-state index contributed by atoms with van der Waals surface area (Å²) in [6, 6.07) is 10.7. The van der Waals surface area contributed by atoms with E-state index >= 15 is 0 Å². The highest BCUT2D eigenvalue weighted by Crippen LogP contribution is 2.31. The molecule has 0 unspecified atom stereocenters. The van der Waals surface area contributed by atoms with Crippen molar-refractivity contribution in [3.8, 4) is 6.07 Å². The summed E-state index contributed by atoms with van der Waals surface area (Å²) in [5.41, 5.74) is 1.77. The molecule has 0 saturated carbocycles. The molecule has 1 heterocycles. The fourth-order valence-corrected chi connectivity index (χ4v) is 1.67. The van der Waals surface area contributed by atoms with E-state index in [9.17, 15) is 0 Å². The van der Waals surface area contributed by atoms with Crippen LogP contribution in [-0.2, 0) is 0 Å². The zero-order valence-electron chi connectivity index (χ0n) is 8.61. The lowest BCUT2D eigenvalue weighted by molar-refractivity contribution is 1.26. The first-order valence-electron chi connectivity index (χ1n) is 4.78. The summed E-state index contributed by atoms with van der Waals surface area (Å²) in [6.07, 6.45) is 1.55. The van der Waals surface area contributed by atoms with Crippen LogP contribution in [-0.4, -0.2) is 4.98 Å². The monoisotopic (exact) mass is 263 g/mol. The standard InChI is InChI=1S/C12H7Cl2N3/c13-10-2-1-3-11(12(10)14)17-8-4-5-16-9(6-8)7-15/h1-6H,(H,16,17). The van der Waals surface area contributed by atoms with Crippen LogP contribution >= 0.6 is 23.2 Å². The van der Waals surface area contributed by atoms with Gasteiger partial charge in [-0.05, 0) is 24.3 Å². The zero-order chi connectivity index (χ0) is 12.3. The number of pyridine rings is 1. The highest BCUT2D eigenvalue weighted by Gasteiger charge is 2.04. The Bertz CT molecular complexity index is 591. The van der Waals surface area contributed by atoms with Gasteiger partial charge in [-0.3, -0.25) is 0 Å². The molecule has 84 valence electrons. The predicted octanol–water partition coefficient (Wildman–Crippen LogP) is 4.00. The number of benzene rings is 1. The molecular formula is C12H7Cl2N3. The van der Waals surface area contributed by atoms with E-state index in [0.717, 1.165) is 5.69 Å². The second kappa shape index (κ2) is 5.05. The maximum atomic E-state index is 8.74. The molecule has 1 aromatic heterocycles. The number of rotatable bonds is 2. The van der Waals surface area contributed by atoms with Gasteiger partial charge in [0.2, 0.25) is 0 Å². The summed E-state index contributed by atoms with van der Waals surface area (Å²) in [5, 5.41) is 12.7. The molecule has 0 atom stereocenters. The third-order valence-electron chi connectivity index (χ3n) is 2.11. The topological polar surface area (TPSA) is 48.7 Å². The molecule has 0 spiro atoms. The first kappa shape index (κ1) is 11.7. The zero-order valence-corrected chi connectivity index (χ0v) is 10.1. The summed E-state index contributed by atoms with van der Waals surface area (Å²) in [7, 11) is 0. The molecule has 17 heavy (non-hydrogen) atoms. The molecule has 0 amide bonds. The average molecular weight is 264 g/mol. The second-order valence-corrected chi connectivity index (χ2v) is 4.05. The Labute approximate surface area is 109 Å². The Kier molecular flexibility index (Phi) is 3.48. The predicted molar refractivity (Wildman–Crippen MR) is 68.7 cm³/mol. The van der Waals surface area contributed by atoms with Crippen LogP contribution < -0.4 is 5.32 Å². The molecule has 0 aliphatic rings. The van der Waals surface area contributed by atoms with Crippen LogP contribution in [0.25, 0.3) is 0 Å². The van der Waals surface area contributed by atoms with Gasteiger partial charge in [0.1, 0.15) is 11.8 Å². The molecular weight excluding hydrogens is 257 g/mol. The third-order valence-corrected chi connectivity index (χ3v) is 2.92. The Balaban J connectivity index is 2.32. The van der Waals surface area contributed by atoms with Gasteiger partial charge in [0.15, 0.2) is 0 Å².